The highest BCUT2D eigenvalue weighted by molar-refractivity contribution is 5.85. The Labute approximate surface area is 75.2 Å². The maximum Gasteiger partial charge on any atom is 0.280 e. The van der Waals surface area contributed by atoms with Gasteiger partial charge in [-0.05, 0) is 11.6 Å². The van der Waals surface area contributed by atoms with Crippen LogP contribution in [-0.4, -0.2) is 4.98 Å². The largest absolute Gasteiger partial charge is 0.326 e. The first-order chi connectivity index (χ1) is 5.25. The minimum absolute atomic E-state index is 0. The zero-order valence-corrected chi connectivity index (χ0v) is 7.02. The van der Waals surface area contributed by atoms with Crippen LogP contribution in [0.4, 0.5) is 8.78 Å². The number of hydrogen-bond acceptors (Lipinski definition) is 2. The Balaban J connectivity index is 0.00000121. The molecule has 12 heavy (non-hydrogen) atoms. The van der Waals surface area contributed by atoms with Crippen LogP contribution in [-0.2, 0) is 6.54 Å². The van der Waals surface area contributed by atoms with Crippen molar-refractivity contribution in [2.75, 3.05) is 0 Å². The molecular weight excluding hydrogens is 186 g/mol. The van der Waals surface area contributed by atoms with Crippen LogP contribution in [0, 0.1) is 0 Å². The second-order valence-electron chi connectivity index (χ2n) is 2.05. The zero-order chi connectivity index (χ0) is 8.27. The Bertz CT molecular complexity index is 243. The molecule has 1 rings (SSSR count). The quantitative estimate of drug-likeness (QED) is 0.781. The predicted octanol–water partition coefficient (Wildman–Crippen LogP) is 1.90. The first kappa shape index (κ1) is 11.3. The van der Waals surface area contributed by atoms with Crippen LogP contribution < -0.4 is 5.73 Å². The molecule has 0 aliphatic carbocycles. The van der Waals surface area contributed by atoms with Crippen molar-refractivity contribution >= 4 is 12.4 Å². The third kappa shape index (κ3) is 2.39. The summed E-state index contributed by atoms with van der Waals surface area (Å²) < 4.78 is 24.2. The number of pyridine rings is 1. The number of alkyl halides is 2. The molecule has 1 aromatic rings. The van der Waals surface area contributed by atoms with Crippen molar-refractivity contribution < 1.29 is 8.78 Å². The summed E-state index contributed by atoms with van der Waals surface area (Å²) in [6.07, 6.45) is -1.20. The Hall–Kier alpha value is -0.740. The minimum Gasteiger partial charge on any atom is -0.326 e. The van der Waals surface area contributed by atoms with E-state index >= 15 is 0 Å². The molecule has 0 radical (unpaired) electrons. The number of aromatic nitrogens is 1. The van der Waals surface area contributed by atoms with E-state index in [4.69, 9.17) is 5.73 Å². The van der Waals surface area contributed by atoms with Gasteiger partial charge < -0.3 is 5.73 Å². The van der Waals surface area contributed by atoms with Crippen molar-refractivity contribution in [3.05, 3.63) is 29.6 Å². The van der Waals surface area contributed by atoms with Crippen molar-refractivity contribution in [3.63, 3.8) is 0 Å². The van der Waals surface area contributed by atoms with E-state index < -0.39 is 6.43 Å². The van der Waals surface area contributed by atoms with E-state index in [0.717, 1.165) is 0 Å². The van der Waals surface area contributed by atoms with E-state index in [1.165, 1.54) is 6.20 Å². The molecule has 5 heteroatoms. The van der Waals surface area contributed by atoms with E-state index in [1.807, 2.05) is 0 Å². The number of nitrogens with two attached hydrogens (primary N) is 1. The molecule has 2 nitrogen and oxygen atoms in total. The Kier molecular flexibility index (Phi) is 4.70. The molecule has 0 fully saturated rings. The predicted molar refractivity (Wildman–Crippen MR) is 44.3 cm³/mol. The van der Waals surface area contributed by atoms with Gasteiger partial charge in [-0.3, -0.25) is 4.98 Å². The third-order valence-electron chi connectivity index (χ3n) is 1.35. The van der Waals surface area contributed by atoms with Gasteiger partial charge in [0.15, 0.2) is 0 Å². The Morgan fingerprint density at radius 1 is 1.50 bits per heavy atom. The molecule has 1 aromatic heterocycles. The lowest BCUT2D eigenvalue weighted by Gasteiger charge is -2.03. The molecule has 0 unspecified atom stereocenters. The van der Waals surface area contributed by atoms with E-state index in [1.54, 1.807) is 12.1 Å². The number of hydrogen-bond donors (Lipinski definition) is 1. The summed E-state index contributed by atoms with van der Waals surface area (Å²) in [5, 5.41) is 0. The molecule has 0 aliphatic rings. The van der Waals surface area contributed by atoms with Crippen LogP contribution >= 0.6 is 12.4 Å². The zero-order valence-electron chi connectivity index (χ0n) is 6.21. The second-order valence-corrected chi connectivity index (χ2v) is 2.05. The molecular formula is C7H9ClF2N2. The third-order valence-corrected chi connectivity index (χ3v) is 1.35. The van der Waals surface area contributed by atoms with Gasteiger partial charge >= 0.3 is 0 Å². The van der Waals surface area contributed by atoms with Crippen LogP contribution in [0.5, 0.6) is 0 Å². The average molecular weight is 195 g/mol. The van der Waals surface area contributed by atoms with E-state index in [2.05, 4.69) is 4.98 Å². The second kappa shape index (κ2) is 5.00. The lowest BCUT2D eigenvalue weighted by molar-refractivity contribution is 0.145. The molecule has 0 atom stereocenters. The molecule has 0 spiro atoms. The van der Waals surface area contributed by atoms with Gasteiger partial charge in [-0.2, -0.15) is 0 Å². The van der Waals surface area contributed by atoms with Gasteiger partial charge in [0.25, 0.3) is 6.43 Å². The SMILES string of the molecule is Cl.NCc1cccnc1C(F)F. The molecule has 68 valence electrons. The van der Waals surface area contributed by atoms with Crippen molar-refractivity contribution in [2.45, 2.75) is 13.0 Å². The molecule has 0 bridgehead atoms. The minimum atomic E-state index is -2.53. The molecule has 1 heterocycles. The maximum absolute atomic E-state index is 12.1. The van der Waals surface area contributed by atoms with Gasteiger partial charge in [-0.15, -0.1) is 12.4 Å². The van der Waals surface area contributed by atoms with Crippen molar-refractivity contribution in [3.8, 4) is 0 Å². The molecule has 0 saturated heterocycles. The normalized spacial score (nSPS) is 9.67. The summed E-state index contributed by atoms with van der Waals surface area (Å²) in [6, 6.07) is 3.14. The van der Waals surface area contributed by atoms with Crippen LogP contribution in [0.25, 0.3) is 0 Å². The molecule has 0 saturated carbocycles. The lowest BCUT2D eigenvalue weighted by atomic mass is 10.2. The molecule has 0 amide bonds. The van der Waals surface area contributed by atoms with E-state index in [9.17, 15) is 8.78 Å². The monoisotopic (exact) mass is 194 g/mol. The van der Waals surface area contributed by atoms with Gasteiger partial charge in [0.1, 0.15) is 5.69 Å². The van der Waals surface area contributed by atoms with Gasteiger partial charge in [-0.25, -0.2) is 8.78 Å². The topological polar surface area (TPSA) is 38.9 Å². The van der Waals surface area contributed by atoms with Gasteiger partial charge in [-0.1, -0.05) is 6.07 Å². The molecule has 0 aliphatic heterocycles. The summed E-state index contributed by atoms with van der Waals surface area (Å²) in [6.45, 7) is 0.105. The summed E-state index contributed by atoms with van der Waals surface area (Å²) >= 11 is 0. The van der Waals surface area contributed by atoms with Crippen LogP contribution in [0.3, 0.4) is 0 Å². The van der Waals surface area contributed by atoms with Crippen molar-refractivity contribution in [2.24, 2.45) is 5.73 Å². The van der Waals surface area contributed by atoms with Crippen molar-refractivity contribution in [1.82, 2.24) is 4.98 Å². The van der Waals surface area contributed by atoms with Crippen LogP contribution in [0.2, 0.25) is 0 Å². The molecule has 2 N–H and O–H groups in total. The fraction of sp³-hybridized carbons (Fsp3) is 0.286. The van der Waals surface area contributed by atoms with E-state index in [0.29, 0.717) is 5.56 Å². The first-order valence-corrected chi connectivity index (χ1v) is 3.17. The smallest absolute Gasteiger partial charge is 0.280 e. The summed E-state index contributed by atoms with van der Waals surface area (Å²) in [5.74, 6) is 0. The average Bonchev–Trinajstić information content (AvgIpc) is 2.04. The van der Waals surface area contributed by atoms with Gasteiger partial charge in [0, 0.05) is 12.7 Å². The number of halogens is 3. The Morgan fingerprint density at radius 2 is 2.17 bits per heavy atom. The highest BCUT2D eigenvalue weighted by Crippen LogP contribution is 2.19. The van der Waals surface area contributed by atoms with Gasteiger partial charge in [0.2, 0.25) is 0 Å². The standard InChI is InChI=1S/C7H8F2N2.ClH/c8-7(9)6-5(4-10)2-1-3-11-6;/h1-3,7H,4,10H2;1H. The number of nitrogens with zero attached hydrogens (tertiary/aromatic N) is 1. The fourth-order valence-corrected chi connectivity index (χ4v) is 0.820. The van der Waals surface area contributed by atoms with E-state index in [-0.39, 0.29) is 24.6 Å². The first-order valence-electron chi connectivity index (χ1n) is 3.17. The number of rotatable bonds is 2. The summed E-state index contributed by atoms with van der Waals surface area (Å²) in [7, 11) is 0. The highest BCUT2D eigenvalue weighted by Gasteiger charge is 2.11. The Morgan fingerprint density at radius 3 is 2.58 bits per heavy atom. The van der Waals surface area contributed by atoms with Crippen molar-refractivity contribution in [1.29, 1.82) is 0 Å². The van der Waals surface area contributed by atoms with Gasteiger partial charge in [0.05, 0.1) is 0 Å². The lowest BCUT2D eigenvalue weighted by Crippen LogP contribution is -2.03. The highest BCUT2D eigenvalue weighted by atomic mass is 35.5. The maximum atomic E-state index is 12.1. The van der Waals surface area contributed by atoms with Crippen LogP contribution in [0.1, 0.15) is 17.7 Å². The van der Waals surface area contributed by atoms with Crippen LogP contribution in [0.15, 0.2) is 18.3 Å². The molecule has 0 aromatic carbocycles. The summed E-state index contributed by atoms with van der Waals surface area (Å²) in [5.41, 5.74) is 5.41. The summed E-state index contributed by atoms with van der Waals surface area (Å²) in [4.78, 5) is 3.52. The fourth-order valence-electron chi connectivity index (χ4n) is 0.820.